The minimum absolute atomic E-state index is 0.378. The first-order valence-corrected chi connectivity index (χ1v) is 4.22. The monoisotopic (exact) mass is 227 g/mol. The van der Waals surface area contributed by atoms with Crippen LogP contribution in [0.5, 0.6) is 0 Å². The van der Waals surface area contributed by atoms with E-state index in [0.29, 0.717) is 10.8 Å². The van der Waals surface area contributed by atoms with Crippen LogP contribution in [-0.2, 0) is 16.2 Å². The van der Waals surface area contributed by atoms with E-state index in [-0.39, 0.29) is 0 Å². The zero-order chi connectivity index (χ0) is 12.1. The first kappa shape index (κ1) is 12.0. The van der Waals surface area contributed by atoms with Gasteiger partial charge in [-0.1, -0.05) is 0 Å². The molecular formula is C7H7BFN3O4. The molecule has 0 fully saturated rings. The van der Waals surface area contributed by atoms with Crippen LogP contribution in [0.25, 0.3) is 0 Å². The summed E-state index contributed by atoms with van der Waals surface area (Å²) in [5.41, 5.74) is -2.09. The average Bonchev–Trinajstić information content (AvgIpc) is 2.27. The number of aromatic amines is 1. The van der Waals surface area contributed by atoms with Crippen LogP contribution < -0.4 is 11.2 Å². The fraction of sp³-hybridized carbons (Fsp3) is 0.286. The zero-order valence-corrected chi connectivity index (χ0v) is 8.27. The van der Waals surface area contributed by atoms with Gasteiger partial charge in [0.15, 0.2) is 0 Å². The van der Waals surface area contributed by atoms with Gasteiger partial charge in [0.1, 0.15) is 0 Å². The van der Waals surface area contributed by atoms with Crippen molar-refractivity contribution < 1.29 is 14.0 Å². The molecule has 0 aromatic carbocycles. The van der Waals surface area contributed by atoms with Crippen molar-refractivity contribution in [3.05, 3.63) is 32.9 Å². The van der Waals surface area contributed by atoms with Crippen molar-refractivity contribution in [1.82, 2.24) is 9.55 Å². The standard InChI is InChI=1S/C7H7BFN3O4/c1-8-11-16-5(13)3-12-6(14)4(9)2-10-7(12)15/h2H,3H2,1H3,(H,10,15). The molecule has 0 saturated heterocycles. The van der Waals surface area contributed by atoms with E-state index in [1.807, 2.05) is 4.98 Å². The summed E-state index contributed by atoms with van der Waals surface area (Å²) in [6.07, 6.45) is 0.622. The molecule has 0 bridgehead atoms. The molecule has 0 aliphatic heterocycles. The van der Waals surface area contributed by atoms with Gasteiger partial charge in [-0.2, -0.15) is 0 Å². The SMILES string of the molecule is CB=NOC(=O)Cn1c(=O)[nH]cc(F)c1=O. The maximum atomic E-state index is 12.8. The molecule has 0 spiro atoms. The van der Waals surface area contributed by atoms with E-state index in [2.05, 4.69) is 9.90 Å². The third kappa shape index (κ3) is 2.72. The summed E-state index contributed by atoms with van der Waals surface area (Å²) in [5, 5.41) is 3.15. The predicted octanol–water partition coefficient (Wildman–Crippen LogP) is -0.930. The van der Waals surface area contributed by atoms with Gasteiger partial charge >= 0.3 is 87.9 Å². The van der Waals surface area contributed by atoms with Crippen molar-refractivity contribution in [2.24, 2.45) is 5.06 Å². The van der Waals surface area contributed by atoms with Gasteiger partial charge in [0.2, 0.25) is 0 Å². The Hall–Kier alpha value is -2.06. The van der Waals surface area contributed by atoms with Crippen molar-refractivity contribution >= 4 is 13.0 Å². The van der Waals surface area contributed by atoms with E-state index in [9.17, 15) is 18.8 Å². The number of nitrogens with one attached hydrogen (secondary N) is 1. The number of aromatic nitrogens is 2. The number of hydrogen-bond acceptors (Lipinski definition) is 5. The maximum absolute atomic E-state index is 12.8. The number of rotatable bonds is 3. The van der Waals surface area contributed by atoms with Gasteiger partial charge in [-0.3, -0.25) is 0 Å². The third-order valence-corrected chi connectivity index (χ3v) is 1.56. The first-order valence-electron chi connectivity index (χ1n) is 4.22. The van der Waals surface area contributed by atoms with E-state index in [4.69, 9.17) is 0 Å². The zero-order valence-electron chi connectivity index (χ0n) is 8.27. The Kier molecular flexibility index (Phi) is 3.86. The summed E-state index contributed by atoms with van der Waals surface area (Å²) in [7, 11) is 1.20. The Morgan fingerprint density at radius 3 is 3.00 bits per heavy atom. The van der Waals surface area contributed by atoms with Crippen LogP contribution >= 0.6 is 0 Å². The summed E-state index contributed by atoms with van der Waals surface area (Å²) in [4.78, 5) is 39.4. The van der Waals surface area contributed by atoms with Crippen molar-refractivity contribution in [1.29, 1.82) is 0 Å². The molecule has 1 rings (SSSR count). The molecule has 0 atom stereocenters. The fourth-order valence-electron chi connectivity index (χ4n) is 0.899. The number of halogens is 1. The Labute approximate surface area is 88.8 Å². The molecule has 0 amide bonds. The predicted molar refractivity (Wildman–Crippen MR) is 51.4 cm³/mol. The van der Waals surface area contributed by atoms with Gasteiger partial charge in [-0.15, -0.1) is 0 Å². The van der Waals surface area contributed by atoms with Crippen LogP contribution in [0.3, 0.4) is 0 Å². The van der Waals surface area contributed by atoms with Crippen molar-refractivity contribution in [3.63, 3.8) is 0 Å². The number of H-pyrrole nitrogens is 1. The molecule has 1 aromatic rings. The van der Waals surface area contributed by atoms with E-state index in [1.54, 1.807) is 0 Å². The summed E-state index contributed by atoms with van der Waals surface area (Å²) < 4.78 is 13.2. The Morgan fingerprint density at radius 1 is 1.69 bits per heavy atom. The normalized spacial score (nSPS) is 10.1. The fourth-order valence-corrected chi connectivity index (χ4v) is 0.899. The summed E-state index contributed by atoms with van der Waals surface area (Å²) >= 11 is 0. The Bertz CT molecular complexity index is 535. The van der Waals surface area contributed by atoms with E-state index in [0.717, 1.165) is 0 Å². The van der Waals surface area contributed by atoms with Crippen molar-refractivity contribution in [3.8, 4) is 0 Å². The molecular weight excluding hydrogens is 220 g/mol. The van der Waals surface area contributed by atoms with E-state index in [1.165, 1.54) is 13.9 Å². The second kappa shape index (κ2) is 5.15. The molecule has 1 aromatic heterocycles. The average molecular weight is 227 g/mol. The number of hydrogen-bond donors (Lipinski definition) is 1. The van der Waals surface area contributed by atoms with Crippen LogP contribution in [0.2, 0.25) is 6.82 Å². The quantitative estimate of drug-likeness (QED) is 0.533. The van der Waals surface area contributed by atoms with Gasteiger partial charge in [0.25, 0.3) is 0 Å². The van der Waals surface area contributed by atoms with Crippen molar-refractivity contribution in [2.75, 3.05) is 0 Å². The van der Waals surface area contributed by atoms with Crippen LogP contribution in [0.4, 0.5) is 4.39 Å². The molecule has 0 aliphatic rings. The summed E-state index contributed by atoms with van der Waals surface area (Å²) in [6.45, 7) is 0.803. The molecule has 0 unspecified atom stereocenters. The van der Waals surface area contributed by atoms with Crippen LogP contribution in [0, 0.1) is 5.82 Å². The number of carbonyl (C=O) groups excluding carboxylic acids is 1. The Morgan fingerprint density at radius 2 is 2.38 bits per heavy atom. The molecule has 0 saturated carbocycles. The summed E-state index contributed by atoms with van der Waals surface area (Å²) in [6, 6.07) is 0. The van der Waals surface area contributed by atoms with E-state index >= 15 is 0 Å². The van der Waals surface area contributed by atoms with Gasteiger partial charge < -0.3 is 0 Å². The van der Waals surface area contributed by atoms with Gasteiger partial charge in [0.05, 0.1) is 0 Å². The number of carbonyl (C=O) groups is 1. The molecule has 0 radical (unpaired) electrons. The van der Waals surface area contributed by atoms with Crippen LogP contribution in [0.15, 0.2) is 20.8 Å². The van der Waals surface area contributed by atoms with Gasteiger partial charge in [0, 0.05) is 0 Å². The molecule has 16 heavy (non-hydrogen) atoms. The second-order valence-electron chi connectivity index (χ2n) is 2.66. The Balaban J connectivity index is 2.98. The van der Waals surface area contributed by atoms with Gasteiger partial charge in [-0.25, -0.2) is 0 Å². The molecule has 1 N–H and O–H groups in total. The van der Waals surface area contributed by atoms with Gasteiger partial charge in [-0.05, 0) is 0 Å². The van der Waals surface area contributed by atoms with Crippen LogP contribution in [0.1, 0.15) is 0 Å². The first-order chi connectivity index (χ1) is 7.56. The molecule has 1 heterocycles. The number of nitrogens with zero attached hydrogens (tertiary/aromatic N) is 2. The van der Waals surface area contributed by atoms with Crippen LogP contribution in [-0.4, -0.2) is 22.6 Å². The molecule has 0 aliphatic carbocycles. The molecule has 9 heteroatoms. The molecule has 84 valence electrons. The third-order valence-electron chi connectivity index (χ3n) is 1.56. The molecule has 7 nitrogen and oxygen atoms in total. The second-order valence-corrected chi connectivity index (χ2v) is 2.66. The van der Waals surface area contributed by atoms with E-state index < -0.39 is 29.6 Å². The topological polar surface area (TPSA) is 93.5 Å². The summed E-state index contributed by atoms with van der Waals surface area (Å²) in [5.74, 6) is -2.11. The minimum atomic E-state index is -1.19. The van der Waals surface area contributed by atoms with Crippen molar-refractivity contribution in [2.45, 2.75) is 13.4 Å².